The third kappa shape index (κ3) is 46.7. The SMILES string of the molecule is C=Cc1c(F)c(F)c(F)c(F)c1F.C=Cc1c(F)c(F)c(F)c(F)c1F.C=Cc1c(F)c(F)c(OCC(F)(F)OC(F)(F)C(F)(F)OC(F)(F)C(F)(F)OC(F)(F)CO)c(F)c1F.C=Cc1c(F)c(F)c(OCC(F)(F)OC(F)(F)C(F)(F)OC(F)(F)CO)c(F)c1F.O=CO[O-].O=CO[O-].OCC(F)(F)OC(F)(F)C(F)(F)OC(F)(F)C(F)(F)OC(F)(F)CO.OCC(F)(F)OC(F)(F)C(F)(F)OC(F)(F)CO.[H-].[H-].[K+].[K+].[K+].[K+]. The number of aliphatic hydroxyl groups excluding tert-OH is 6. The van der Waals surface area contributed by atoms with E-state index in [0.717, 1.165) is 0 Å². The number of halogens is 58. The smallest absolute Gasteiger partial charge is 1.00 e. The third-order valence-corrected chi connectivity index (χ3v) is 12.5. The van der Waals surface area contributed by atoms with Crippen LogP contribution in [0.5, 0.6) is 11.5 Å². The Balaban J connectivity index is -0.000000198. The molecule has 0 amide bonds. The van der Waals surface area contributed by atoms with Crippen molar-refractivity contribution in [1.29, 1.82) is 0 Å². The Morgan fingerprint density at radius 2 is 0.304 bits per heavy atom. The van der Waals surface area contributed by atoms with Crippen molar-refractivity contribution in [2.24, 2.45) is 0 Å². The first-order valence-corrected chi connectivity index (χ1v) is 32.3. The van der Waals surface area contributed by atoms with Crippen molar-refractivity contribution in [2.75, 3.05) is 52.9 Å². The van der Waals surface area contributed by atoms with Crippen LogP contribution in [0, 0.1) is 105 Å². The van der Waals surface area contributed by atoms with Crippen molar-refractivity contribution in [3.63, 3.8) is 0 Å². The number of alkyl halides is 40. The molecule has 86 heteroatoms. The van der Waals surface area contributed by atoms with Crippen molar-refractivity contribution in [3.05, 3.63) is 153 Å². The molecule has 0 bridgehead atoms. The van der Waals surface area contributed by atoms with Gasteiger partial charge in [0.25, 0.3) is 12.9 Å². The molecule has 0 spiro atoms. The summed E-state index contributed by atoms with van der Waals surface area (Å²) in [5, 5.41) is 64.2. The van der Waals surface area contributed by atoms with E-state index in [4.69, 9.17) is 50.7 Å². The van der Waals surface area contributed by atoms with Gasteiger partial charge in [0.15, 0.2) is 94.5 Å². The fourth-order valence-corrected chi connectivity index (χ4v) is 6.57. The standard InChI is InChI=1S/C16H8F16O5.C14H8F12O4.C8H6F12O5.2C8H3F5.C6H6F8O4.2CH2O3.4K.2H/c1-2-5-6(17)8(19)10(9(20)7(5)18)34-4-12(23,24)36-14(27,28)16(31,32)37-15(29,30)13(25,26)35-11(21,22)3-33;1-2-5-6(15)8(17)10(9(18)7(5)16)28-4-12(21,22)30-14(25,26)13(23,24)29-11(19,20)3-27;9-3(10,1-21)23-5(13,14)7(17,18)25-8(19,20)6(15,16)24-4(11,12)2-22;2*1-2-3-4(9)6(11)8(13)7(12)5(3)10;7-3(8,1-15)17-5(11,12)6(13,14)18-4(9,10)2-16;2*2-1-4-3;;;;;;/h2,33H,1,3-4H2;2,27H,1,3-4H2;21-22H,1-2H2;2*2H,1H2;15-16H,1-2H2;2*1,3H;;;;;;/q;;;;;;;;4*+1;2*-1/p-2. The molecule has 0 saturated carbocycles. The van der Waals surface area contributed by atoms with Crippen molar-refractivity contribution in [1.82, 2.24) is 0 Å². The second-order valence-corrected chi connectivity index (χ2v) is 23.0. The van der Waals surface area contributed by atoms with E-state index in [1.165, 1.54) is 0 Å². The summed E-state index contributed by atoms with van der Waals surface area (Å²) in [7, 11) is 0. The third-order valence-electron chi connectivity index (χ3n) is 12.5. The topological polar surface area (TPSA) is 331 Å². The first-order valence-electron chi connectivity index (χ1n) is 32.3. The van der Waals surface area contributed by atoms with Crippen LogP contribution in [0.4, 0.5) is 255 Å². The van der Waals surface area contributed by atoms with Crippen LogP contribution in [0.2, 0.25) is 0 Å². The number of rotatable bonds is 44. The predicted molar refractivity (Wildman–Crippen MR) is 325 cm³/mol. The van der Waals surface area contributed by atoms with Crippen LogP contribution < -0.4 is 226 Å². The summed E-state index contributed by atoms with van der Waals surface area (Å²) in [5.74, 6) is -43.2. The van der Waals surface area contributed by atoms with Crippen LogP contribution in [0.15, 0.2) is 26.3 Å². The molecule has 4 rings (SSSR count). The zero-order chi connectivity index (χ0) is 116. The van der Waals surface area contributed by atoms with E-state index >= 15 is 0 Å². The van der Waals surface area contributed by atoms with Gasteiger partial charge in [-0.3, -0.25) is 9.59 Å². The summed E-state index contributed by atoms with van der Waals surface area (Å²) in [5.41, 5.74) is -4.91. The van der Waals surface area contributed by atoms with Gasteiger partial charge in [0.1, 0.15) is 39.6 Å². The number of carbonyl (C=O) groups excluding carboxylic acids is 2. The minimum Gasteiger partial charge on any atom is -1.00 e. The second kappa shape index (κ2) is 61.9. The van der Waals surface area contributed by atoms with Gasteiger partial charge in [-0.1, -0.05) is 50.6 Å². The van der Waals surface area contributed by atoms with Gasteiger partial charge in [-0.05, 0) is 0 Å². The number of hydrogen-bond acceptors (Lipinski definition) is 24. The summed E-state index contributed by atoms with van der Waals surface area (Å²) in [6.45, 7) is -10.1. The molecule has 0 aliphatic rings. The Morgan fingerprint density at radius 1 is 0.203 bits per heavy atom. The summed E-state index contributed by atoms with van der Waals surface area (Å²) in [6.07, 6.45) is -123. The molecule has 0 unspecified atom stereocenters. The van der Waals surface area contributed by atoms with Crippen molar-refractivity contribution < 1.29 is 580 Å². The Labute approximate surface area is 947 Å². The molecule has 148 heavy (non-hydrogen) atoms. The quantitative estimate of drug-likeness (QED) is 0.00593. The molecular formula is C62H38F58K4O24. The van der Waals surface area contributed by atoms with Crippen LogP contribution >= 0.6 is 0 Å². The Kier molecular flexibility index (Phi) is 66.7. The van der Waals surface area contributed by atoms with Crippen molar-refractivity contribution in [2.45, 2.75) is 122 Å². The summed E-state index contributed by atoms with van der Waals surface area (Å²) < 4.78 is 772. The van der Waals surface area contributed by atoms with Crippen molar-refractivity contribution in [3.8, 4) is 11.5 Å². The van der Waals surface area contributed by atoms with Gasteiger partial charge in [-0.2, -0.15) is 193 Å². The fraction of sp³-hybridized carbons (Fsp3) is 0.452. The monoisotopic (exact) mass is 2420 g/mol. The molecule has 840 valence electrons. The number of hydrogen-bond donors (Lipinski definition) is 6. The molecule has 4 aromatic rings. The zero-order valence-corrected chi connectivity index (χ0v) is 82.4. The van der Waals surface area contributed by atoms with Crippen LogP contribution in [-0.4, -0.2) is 219 Å². The first kappa shape index (κ1) is 159. The molecule has 0 aliphatic heterocycles. The van der Waals surface area contributed by atoms with Gasteiger partial charge in [0.05, 0.1) is 22.3 Å². The maximum absolute atomic E-state index is 13.7. The van der Waals surface area contributed by atoms with Crippen LogP contribution in [0.1, 0.15) is 25.1 Å². The van der Waals surface area contributed by atoms with Gasteiger partial charge in [0.2, 0.25) is 34.9 Å². The molecule has 4 aromatic carbocycles. The molecule has 0 saturated heterocycles. The largest absolute Gasteiger partial charge is 1.00 e. The van der Waals surface area contributed by atoms with Gasteiger partial charge < -0.3 is 63.3 Å². The van der Waals surface area contributed by atoms with Gasteiger partial charge >= 0.3 is 328 Å². The minimum absolute atomic E-state index is 0. The molecule has 0 aliphatic carbocycles. The molecule has 0 atom stereocenters. The molecule has 0 aromatic heterocycles. The van der Waals surface area contributed by atoms with Crippen LogP contribution in [0.25, 0.3) is 24.3 Å². The van der Waals surface area contributed by atoms with Gasteiger partial charge in [0, 0.05) is 0 Å². The van der Waals surface area contributed by atoms with E-state index in [1.54, 1.807) is 9.47 Å². The summed E-state index contributed by atoms with van der Waals surface area (Å²) >= 11 is 0. The van der Waals surface area contributed by atoms with Crippen LogP contribution in [0.3, 0.4) is 0 Å². The normalized spacial score (nSPS) is 12.8. The maximum atomic E-state index is 13.7. The van der Waals surface area contributed by atoms with E-state index in [9.17, 15) is 255 Å². The summed E-state index contributed by atoms with van der Waals surface area (Å²) in [6, 6.07) is 0. The summed E-state index contributed by atoms with van der Waals surface area (Å²) in [4.78, 5) is 22.5. The fourth-order valence-electron chi connectivity index (χ4n) is 6.57. The molecule has 24 nitrogen and oxygen atoms in total. The zero-order valence-electron chi connectivity index (χ0n) is 71.9. The second-order valence-electron chi connectivity index (χ2n) is 23.0. The van der Waals surface area contributed by atoms with Gasteiger partial charge in [-0.15, -0.1) is 0 Å². The number of aliphatic hydroxyl groups is 6. The number of ether oxygens (including phenoxy) is 12. The van der Waals surface area contributed by atoms with Crippen LogP contribution in [-0.2, 0) is 66.7 Å². The Hall–Kier alpha value is -3.85. The van der Waals surface area contributed by atoms with E-state index in [0.29, 0.717) is 18.2 Å². The first-order chi connectivity index (χ1) is 64.1. The van der Waals surface area contributed by atoms with E-state index in [-0.39, 0.29) is 227 Å². The Bertz CT molecular complexity index is 4640. The molecule has 0 heterocycles. The number of carbonyl (C=O) groups is 2. The number of benzene rings is 4. The predicted octanol–water partition coefficient (Wildman–Crippen LogP) is 5.64. The van der Waals surface area contributed by atoms with E-state index < -0.39 is 313 Å². The average Bonchev–Trinajstić information content (AvgIpc) is 0.757. The molecule has 6 N–H and O–H groups in total. The van der Waals surface area contributed by atoms with E-state index in [2.05, 4.69) is 69.2 Å². The molecule has 0 fully saturated rings. The van der Waals surface area contributed by atoms with E-state index in [1.807, 2.05) is 14.2 Å². The molecular weight excluding hydrogens is 2390 g/mol. The maximum Gasteiger partial charge on any atom is 1.00 e. The van der Waals surface area contributed by atoms with Gasteiger partial charge in [-0.25, -0.2) is 109 Å². The average molecular weight is 2430 g/mol. The minimum atomic E-state index is -7.23. The molecule has 0 radical (unpaired) electrons. The Morgan fingerprint density at radius 3 is 0.412 bits per heavy atom. The van der Waals surface area contributed by atoms with Crippen molar-refractivity contribution >= 4 is 37.2 Å².